The molecule has 0 aliphatic carbocycles. The Morgan fingerprint density at radius 2 is 1.69 bits per heavy atom. The van der Waals surface area contributed by atoms with Crippen LogP contribution >= 0.6 is 0 Å². The Labute approximate surface area is 83.3 Å². The molecule has 2 nitrogen and oxygen atoms in total. The third-order valence-corrected chi connectivity index (χ3v) is 3.00. The minimum atomic E-state index is 0. The molecule has 0 spiro atoms. The third kappa shape index (κ3) is 4.10. The molecule has 0 aromatic rings. The molecule has 1 rings (SSSR count). The zero-order chi connectivity index (χ0) is 8.81. The van der Waals surface area contributed by atoms with Crippen LogP contribution < -0.4 is 6.15 Å². The summed E-state index contributed by atoms with van der Waals surface area (Å²) >= 11 is 0. The van der Waals surface area contributed by atoms with E-state index in [0.717, 1.165) is 6.04 Å². The van der Waals surface area contributed by atoms with E-state index in [4.69, 9.17) is 0 Å². The fourth-order valence-electron chi connectivity index (χ4n) is 2.26. The lowest BCUT2D eigenvalue weighted by Crippen LogP contribution is -2.38. The normalized spacial score (nSPS) is 20.8. The molecule has 0 aromatic heterocycles. The first-order valence-electron chi connectivity index (χ1n) is 5.62. The molecule has 80 valence electrons. The summed E-state index contributed by atoms with van der Waals surface area (Å²) in [7, 11) is 0. The largest absolute Gasteiger partial charge is 0.344 e. The molecule has 0 saturated carbocycles. The van der Waals surface area contributed by atoms with Gasteiger partial charge in [0.15, 0.2) is 0 Å². The van der Waals surface area contributed by atoms with Gasteiger partial charge in [-0.3, -0.25) is 0 Å². The third-order valence-electron chi connectivity index (χ3n) is 3.00. The molecule has 0 bridgehead atoms. The summed E-state index contributed by atoms with van der Waals surface area (Å²) < 4.78 is 0. The molecule has 1 aliphatic heterocycles. The van der Waals surface area contributed by atoms with Crippen LogP contribution in [-0.2, 0) is 0 Å². The van der Waals surface area contributed by atoms with E-state index in [1.165, 1.54) is 51.6 Å². The van der Waals surface area contributed by atoms with Crippen molar-refractivity contribution >= 4 is 0 Å². The summed E-state index contributed by atoms with van der Waals surface area (Å²) in [5.41, 5.74) is 0. The van der Waals surface area contributed by atoms with Gasteiger partial charge in [-0.05, 0) is 38.8 Å². The van der Waals surface area contributed by atoms with Crippen molar-refractivity contribution in [3.05, 3.63) is 0 Å². The molecule has 1 unspecified atom stereocenters. The molecule has 0 amide bonds. The van der Waals surface area contributed by atoms with Crippen molar-refractivity contribution in [3.63, 3.8) is 0 Å². The van der Waals surface area contributed by atoms with Gasteiger partial charge in [-0.15, -0.1) is 0 Å². The van der Waals surface area contributed by atoms with Crippen molar-refractivity contribution < 1.29 is 0 Å². The van der Waals surface area contributed by atoms with Crippen molar-refractivity contribution in [2.24, 2.45) is 0 Å². The van der Waals surface area contributed by atoms with Crippen LogP contribution in [-0.4, -0.2) is 24.0 Å². The van der Waals surface area contributed by atoms with Crippen LogP contribution in [0.5, 0.6) is 0 Å². The Hall–Kier alpha value is -0.0800. The van der Waals surface area contributed by atoms with Gasteiger partial charge in [0.1, 0.15) is 0 Å². The molecule has 2 heteroatoms. The lowest BCUT2D eigenvalue weighted by molar-refractivity contribution is 0.150. The first-order chi connectivity index (χ1) is 5.88. The molecule has 1 atom stereocenters. The highest BCUT2D eigenvalue weighted by atomic mass is 15.2. The monoisotopic (exact) mass is 186 g/mol. The van der Waals surface area contributed by atoms with E-state index in [1.807, 2.05) is 0 Å². The maximum Gasteiger partial charge on any atom is 0.00925 e. The average Bonchev–Trinajstić information content (AvgIpc) is 2.15. The summed E-state index contributed by atoms with van der Waals surface area (Å²) in [6.45, 7) is 7.35. The maximum atomic E-state index is 2.70. The highest BCUT2D eigenvalue weighted by molar-refractivity contribution is 4.73. The molecular formula is C11H26N2. The Balaban J connectivity index is 0.00000144. The van der Waals surface area contributed by atoms with E-state index < -0.39 is 0 Å². The minimum absolute atomic E-state index is 0. The maximum absolute atomic E-state index is 2.70. The van der Waals surface area contributed by atoms with Crippen LogP contribution in [0.1, 0.15) is 52.4 Å². The Morgan fingerprint density at radius 3 is 2.15 bits per heavy atom. The highest BCUT2D eigenvalue weighted by Crippen LogP contribution is 2.17. The number of hydrogen-bond donors (Lipinski definition) is 1. The van der Waals surface area contributed by atoms with Gasteiger partial charge < -0.3 is 11.1 Å². The van der Waals surface area contributed by atoms with E-state index in [0.29, 0.717) is 0 Å². The van der Waals surface area contributed by atoms with E-state index >= 15 is 0 Å². The zero-order valence-corrected chi connectivity index (χ0v) is 9.39. The number of piperidine rings is 1. The first kappa shape index (κ1) is 12.9. The van der Waals surface area contributed by atoms with Crippen molar-refractivity contribution in [3.8, 4) is 0 Å². The number of hydrogen-bond acceptors (Lipinski definition) is 2. The lowest BCUT2D eigenvalue weighted by Gasteiger charge is -2.33. The van der Waals surface area contributed by atoms with E-state index in [1.54, 1.807) is 0 Å². The van der Waals surface area contributed by atoms with E-state index in [9.17, 15) is 0 Å². The standard InChI is InChI=1S/C11H23N.H3N/c1-3-8-11(4-2)12-9-6-5-7-10-12;/h11H,3-10H2,1-2H3;1H3. The minimum Gasteiger partial charge on any atom is -0.344 e. The van der Waals surface area contributed by atoms with Gasteiger partial charge in [0.05, 0.1) is 0 Å². The molecule has 0 aromatic carbocycles. The molecule has 1 aliphatic rings. The van der Waals surface area contributed by atoms with Crippen molar-refractivity contribution in [2.75, 3.05) is 13.1 Å². The molecule has 1 saturated heterocycles. The quantitative estimate of drug-likeness (QED) is 0.732. The molecule has 0 radical (unpaired) electrons. The lowest BCUT2D eigenvalue weighted by atomic mass is 10.0. The van der Waals surface area contributed by atoms with Crippen molar-refractivity contribution in [1.29, 1.82) is 0 Å². The predicted octanol–water partition coefficient (Wildman–Crippen LogP) is 3.21. The molecule has 1 fully saturated rings. The van der Waals surface area contributed by atoms with Gasteiger partial charge in [0.25, 0.3) is 0 Å². The summed E-state index contributed by atoms with van der Waals surface area (Å²) in [6, 6.07) is 0.885. The van der Waals surface area contributed by atoms with Gasteiger partial charge in [-0.25, -0.2) is 0 Å². The van der Waals surface area contributed by atoms with Gasteiger partial charge in [0.2, 0.25) is 0 Å². The van der Waals surface area contributed by atoms with Crippen LogP contribution in [0.25, 0.3) is 0 Å². The number of rotatable bonds is 4. The smallest absolute Gasteiger partial charge is 0.00925 e. The number of likely N-dealkylation sites (tertiary alicyclic amines) is 1. The molecular weight excluding hydrogens is 160 g/mol. The summed E-state index contributed by atoms with van der Waals surface area (Å²) in [5.74, 6) is 0. The summed E-state index contributed by atoms with van der Waals surface area (Å²) in [4.78, 5) is 2.70. The van der Waals surface area contributed by atoms with Crippen LogP contribution in [0.15, 0.2) is 0 Å². The fourth-order valence-corrected chi connectivity index (χ4v) is 2.26. The molecule has 13 heavy (non-hydrogen) atoms. The van der Waals surface area contributed by atoms with Crippen LogP contribution in [0.3, 0.4) is 0 Å². The van der Waals surface area contributed by atoms with Gasteiger partial charge in [-0.1, -0.05) is 26.7 Å². The van der Waals surface area contributed by atoms with Crippen molar-refractivity contribution in [1.82, 2.24) is 11.1 Å². The second kappa shape index (κ2) is 7.34. The molecule has 3 N–H and O–H groups in total. The molecule has 1 heterocycles. The zero-order valence-electron chi connectivity index (χ0n) is 9.39. The van der Waals surface area contributed by atoms with Gasteiger partial charge >= 0.3 is 0 Å². The predicted molar refractivity (Wildman–Crippen MR) is 59.4 cm³/mol. The topological polar surface area (TPSA) is 38.2 Å². The second-order valence-electron chi connectivity index (χ2n) is 3.95. The SMILES string of the molecule is CCCC(CC)N1CCCCC1.N. The number of nitrogens with zero attached hydrogens (tertiary/aromatic N) is 1. The van der Waals surface area contributed by atoms with Gasteiger partial charge in [-0.2, -0.15) is 0 Å². The van der Waals surface area contributed by atoms with E-state index in [2.05, 4.69) is 18.7 Å². The first-order valence-corrected chi connectivity index (χ1v) is 5.62. The van der Waals surface area contributed by atoms with Crippen LogP contribution in [0.2, 0.25) is 0 Å². The summed E-state index contributed by atoms with van der Waals surface area (Å²) in [5, 5.41) is 0. The fraction of sp³-hybridized carbons (Fsp3) is 1.00. The summed E-state index contributed by atoms with van der Waals surface area (Å²) in [6.07, 6.45) is 8.40. The van der Waals surface area contributed by atoms with E-state index in [-0.39, 0.29) is 6.15 Å². The average molecular weight is 186 g/mol. The van der Waals surface area contributed by atoms with Crippen molar-refractivity contribution in [2.45, 2.75) is 58.4 Å². The van der Waals surface area contributed by atoms with Crippen LogP contribution in [0, 0.1) is 0 Å². The Morgan fingerprint density at radius 1 is 1.08 bits per heavy atom. The van der Waals surface area contributed by atoms with Crippen LogP contribution in [0.4, 0.5) is 0 Å². The second-order valence-corrected chi connectivity index (χ2v) is 3.95. The van der Waals surface area contributed by atoms with Gasteiger partial charge in [0, 0.05) is 6.04 Å². The highest BCUT2D eigenvalue weighted by Gasteiger charge is 2.17. The Kier molecular flexibility index (Phi) is 7.29. The Bertz CT molecular complexity index is 106.